The third-order valence-electron chi connectivity index (χ3n) is 5.23. The number of hydrogen-bond donors (Lipinski definition) is 1. The fourth-order valence-electron chi connectivity index (χ4n) is 3.69. The van der Waals surface area contributed by atoms with Crippen LogP contribution in [-0.4, -0.2) is 28.0 Å². The molecule has 0 spiro atoms. The van der Waals surface area contributed by atoms with E-state index in [1.807, 2.05) is 6.07 Å². The van der Waals surface area contributed by atoms with Crippen LogP contribution in [0.25, 0.3) is 0 Å². The minimum Gasteiger partial charge on any atom is -0.437 e. The van der Waals surface area contributed by atoms with E-state index in [4.69, 9.17) is 10.00 Å². The lowest BCUT2D eigenvalue weighted by Crippen LogP contribution is -2.36. The first kappa shape index (κ1) is 22.7. The predicted octanol–water partition coefficient (Wildman–Crippen LogP) is 4.22. The van der Waals surface area contributed by atoms with E-state index in [9.17, 15) is 22.8 Å². The Morgan fingerprint density at radius 3 is 2.53 bits per heavy atom. The molecule has 0 saturated carbocycles. The highest BCUT2D eigenvalue weighted by atomic mass is 19.4. The van der Waals surface area contributed by atoms with Crippen LogP contribution in [0.15, 0.2) is 64.8 Å². The SMILES string of the molecule is COC(=O)OC1=C(C)N(c2cccc(C(F)(F)F)c2)c2n[nH]c(=O)n2[C@@H]1c1ccc(C#N)cc1. The van der Waals surface area contributed by atoms with Gasteiger partial charge in [-0.05, 0) is 42.8 Å². The molecule has 2 aromatic carbocycles. The second-order valence-electron chi connectivity index (χ2n) is 7.22. The van der Waals surface area contributed by atoms with Gasteiger partial charge in [0.25, 0.3) is 0 Å². The number of rotatable bonds is 3. The fraction of sp³-hybridized carbons (Fsp3) is 0.182. The van der Waals surface area contributed by atoms with E-state index >= 15 is 0 Å². The molecule has 0 fully saturated rings. The van der Waals surface area contributed by atoms with Gasteiger partial charge in [-0.25, -0.2) is 19.3 Å². The number of carbonyl (C=O) groups is 1. The molecule has 0 saturated heterocycles. The summed E-state index contributed by atoms with van der Waals surface area (Å²) in [6.07, 6.45) is -5.69. The van der Waals surface area contributed by atoms with Gasteiger partial charge in [0.1, 0.15) is 6.04 Å². The molecule has 1 aliphatic heterocycles. The number of nitriles is 1. The second kappa shape index (κ2) is 8.43. The van der Waals surface area contributed by atoms with Gasteiger partial charge in [0, 0.05) is 5.69 Å². The molecule has 34 heavy (non-hydrogen) atoms. The number of aromatic nitrogens is 3. The summed E-state index contributed by atoms with van der Waals surface area (Å²) in [5.74, 6) is -0.0848. The number of alkyl halides is 3. The number of aromatic amines is 1. The smallest absolute Gasteiger partial charge is 0.437 e. The lowest BCUT2D eigenvalue weighted by molar-refractivity contribution is -0.137. The van der Waals surface area contributed by atoms with Gasteiger partial charge >= 0.3 is 18.0 Å². The van der Waals surface area contributed by atoms with Crippen molar-refractivity contribution >= 4 is 17.8 Å². The molecular formula is C22H16F3N5O4. The first-order chi connectivity index (χ1) is 16.2. The van der Waals surface area contributed by atoms with E-state index < -0.39 is 29.6 Å². The van der Waals surface area contributed by atoms with Crippen molar-refractivity contribution in [2.75, 3.05) is 12.0 Å². The van der Waals surface area contributed by atoms with Gasteiger partial charge in [-0.15, -0.1) is 5.10 Å². The van der Waals surface area contributed by atoms with E-state index in [1.165, 1.54) is 36.1 Å². The van der Waals surface area contributed by atoms with E-state index in [0.29, 0.717) is 11.1 Å². The van der Waals surface area contributed by atoms with E-state index in [-0.39, 0.29) is 23.1 Å². The van der Waals surface area contributed by atoms with E-state index in [0.717, 1.165) is 23.8 Å². The van der Waals surface area contributed by atoms with Crippen molar-refractivity contribution < 1.29 is 27.4 Å². The van der Waals surface area contributed by atoms with Crippen LogP contribution >= 0.6 is 0 Å². The van der Waals surface area contributed by atoms with E-state index in [2.05, 4.69) is 14.9 Å². The van der Waals surface area contributed by atoms with Crippen LogP contribution in [0.1, 0.15) is 29.7 Å². The summed E-state index contributed by atoms with van der Waals surface area (Å²) >= 11 is 0. The van der Waals surface area contributed by atoms with Crippen LogP contribution in [0.4, 0.5) is 29.6 Å². The zero-order chi connectivity index (χ0) is 24.6. The zero-order valence-corrected chi connectivity index (χ0v) is 17.8. The number of methoxy groups -OCH3 is 1. The summed E-state index contributed by atoms with van der Waals surface area (Å²) in [5.41, 5.74) is -0.541. The molecule has 3 aromatic rings. The summed E-state index contributed by atoms with van der Waals surface area (Å²) in [4.78, 5) is 26.1. The van der Waals surface area contributed by atoms with Crippen LogP contribution in [0, 0.1) is 11.3 Å². The number of fused-ring (bicyclic) bond motifs is 1. The van der Waals surface area contributed by atoms with Crippen molar-refractivity contribution in [1.82, 2.24) is 14.8 Å². The second-order valence-corrected chi connectivity index (χ2v) is 7.22. The highest BCUT2D eigenvalue weighted by molar-refractivity contribution is 5.69. The maximum absolute atomic E-state index is 13.4. The Balaban J connectivity index is 1.96. The van der Waals surface area contributed by atoms with Crippen molar-refractivity contribution in [1.29, 1.82) is 5.26 Å². The van der Waals surface area contributed by atoms with Crippen molar-refractivity contribution in [2.24, 2.45) is 0 Å². The van der Waals surface area contributed by atoms with Crippen LogP contribution in [-0.2, 0) is 15.7 Å². The number of nitrogens with one attached hydrogen (secondary N) is 1. The van der Waals surface area contributed by atoms with Gasteiger partial charge in [0.05, 0.1) is 30.0 Å². The standard InChI is InChI=1S/C22H16F3N5O4/c1-12-18(34-21(32)33-2)17(14-8-6-13(11-26)7-9-14)30-19(27-28-20(30)31)29(12)16-5-3-4-15(10-16)22(23,24)25/h3-10,17H,1-2H3,(H,28,31)/t17-/m1/s1. The summed E-state index contributed by atoms with van der Waals surface area (Å²) < 4.78 is 51.2. The lowest BCUT2D eigenvalue weighted by atomic mass is 10.00. The maximum Gasteiger partial charge on any atom is 0.513 e. The number of allylic oxidation sites excluding steroid dienone is 2. The molecule has 1 N–H and O–H groups in total. The molecule has 2 heterocycles. The third-order valence-corrected chi connectivity index (χ3v) is 5.23. The minimum atomic E-state index is -4.61. The Hall–Kier alpha value is -4.53. The van der Waals surface area contributed by atoms with Gasteiger partial charge in [0.2, 0.25) is 5.95 Å². The number of benzene rings is 2. The van der Waals surface area contributed by atoms with Crippen molar-refractivity contribution in [3.63, 3.8) is 0 Å². The summed E-state index contributed by atoms with van der Waals surface area (Å²) in [7, 11) is 1.10. The first-order valence-electron chi connectivity index (χ1n) is 9.76. The maximum atomic E-state index is 13.4. The molecule has 0 bridgehead atoms. The largest absolute Gasteiger partial charge is 0.513 e. The van der Waals surface area contributed by atoms with Crippen LogP contribution in [0.3, 0.4) is 0 Å². The van der Waals surface area contributed by atoms with Crippen molar-refractivity contribution in [2.45, 2.75) is 19.1 Å². The number of hydrogen-bond acceptors (Lipinski definition) is 7. The van der Waals surface area contributed by atoms with Gasteiger partial charge in [0.15, 0.2) is 5.76 Å². The number of ether oxygens (including phenoxy) is 2. The van der Waals surface area contributed by atoms with Crippen LogP contribution in [0.2, 0.25) is 0 Å². The molecule has 0 radical (unpaired) electrons. The summed E-state index contributed by atoms with van der Waals surface area (Å²) in [6.45, 7) is 1.51. The molecule has 12 heteroatoms. The third kappa shape index (κ3) is 3.88. The average molecular weight is 471 g/mol. The Labute approximate surface area is 190 Å². The fourth-order valence-corrected chi connectivity index (χ4v) is 3.69. The monoisotopic (exact) mass is 471 g/mol. The molecule has 0 unspecified atom stereocenters. The van der Waals surface area contributed by atoms with Gasteiger partial charge in [-0.3, -0.25) is 4.90 Å². The molecule has 174 valence electrons. The molecule has 4 rings (SSSR count). The number of halogens is 3. The lowest BCUT2D eigenvalue weighted by Gasteiger charge is -2.35. The highest BCUT2D eigenvalue weighted by Crippen LogP contribution is 2.42. The zero-order valence-electron chi connectivity index (χ0n) is 17.8. The first-order valence-corrected chi connectivity index (χ1v) is 9.76. The van der Waals surface area contributed by atoms with Crippen molar-refractivity contribution in [3.05, 3.63) is 87.2 Å². The topological polar surface area (TPSA) is 113 Å². The molecule has 1 aliphatic rings. The van der Waals surface area contributed by atoms with Crippen molar-refractivity contribution in [3.8, 4) is 6.07 Å². The van der Waals surface area contributed by atoms with Crippen LogP contribution in [0.5, 0.6) is 0 Å². The van der Waals surface area contributed by atoms with Gasteiger partial charge in [-0.1, -0.05) is 18.2 Å². The number of carbonyl (C=O) groups excluding carboxylic acids is 1. The number of nitrogens with zero attached hydrogens (tertiary/aromatic N) is 4. The summed E-state index contributed by atoms with van der Waals surface area (Å²) in [5, 5.41) is 15.4. The highest BCUT2D eigenvalue weighted by Gasteiger charge is 2.39. The van der Waals surface area contributed by atoms with Gasteiger partial charge < -0.3 is 9.47 Å². The Kier molecular flexibility index (Phi) is 5.62. The minimum absolute atomic E-state index is 0.0200. The number of anilines is 2. The average Bonchev–Trinajstić information content (AvgIpc) is 3.19. The molecule has 1 atom stereocenters. The Morgan fingerprint density at radius 1 is 1.21 bits per heavy atom. The Bertz CT molecular complexity index is 1380. The quantitative estimate of drug-likeness (QED) is 0.569. The number of H-pyrrole nitrogens is 1. The molecule has 0 aliphatic carbocycles. The molecule has 1 aromatic heterocycles. The van der Waals surface area contributed by atoms with Gasteiger partial charge in [-0.2, -0.15) is 18.4 Å². The molecular weight excluding hydrogens is 455 g/mol. The normalized spacial score (nSPS) is 15.5. The molecule has 0 amide bonds. The van der Waals surface area contributed by atoms with E-state index in [1.54, 1.807) is 12.1 Å². The predicted molar refractivity (Wildman–Crippen MR) is 112 cm³/mol. The summed E-state index contributed by atoms with van der Waals surface area (Å²) in [6, 6.07) is 11.6. The molecule has 9 nitrogen and oxygen atoms in total. The van der Waals surface area contributed by atoms with Crippen LogP contribution < -0.4 is 10.6 Å². The Morgan fingerprint density at radius 2 is 1.91 bits per heavy atom.